The first-order valence-corrected chi connectivity index (χ1v) is 10.1. The number of halogens is 2. The summed E-state index contributed by atoms with van der Waals surface area (Å²) < 4.78 is 11.1. The maximum atomic E-state index is 11.4. The standard InChI is InChI=1S/C14H20Cl2O4Si/c1-14(2,3)21(5,6)20-9-7-8(15)12(19-4)10(11(9)16)13(17)18/h7H,1-6H3,(H,17,18). The average molecular weight is 351 g/mol. The van der Waals surface area contributed by atoms with Gasteiger partial charge in [-0.05, 0) is 18.1 Å². The van der Waals surface area contributed by atoms with Gasteiger partial charge in [-0.2, -0.15) is 0 Å². The SMILES string of the molecule is COc1c(Cl)cc(O[Si](C)(C)C(C)(C)C)c(Cl)c1C(=O)O. The zero-order valence-corrected chi connectivity index (χ0v) is 15.5. The van der Waals surface area contributed by atoms with Crippen molar-refractivity contribution >= 4 is 37.5 Å². The predicted molar refractivity (Wildman–Crippen MR) is 87.8 cm³/mol. The zero-order chi connectivity index (χ0) is 16.6. The quantitative estimate of drug-likeness (QED) is 0.768. The Morgan fingerprint density at radius 1 is 1.29 bits per heavy atom. The van der Waals surface area contributed by atoms with Crippen molar-refractivity contribution in [3.05, 3.63) is 21.7 Å². The fourth-order valence-corrected chi connectivity index (χ4v) is 3.09. The summed E-state index contributed by atoms with van der Waals surface area (Å²) in [7, 11) is -0.817. The second kappa shape index (κ2) is 6.06. The van der Waals surface area contributed by atoms with Crippen molar-refractivity contribution in [2.75, 3.05) is 7.11 Å². The molecule has 0 spiro atoms. The monoisotopic (exact) mass is 350 g/mol. The Hall–Kier alpha value is -0.913. The van der Waals surface area contributed by atoms with Gasteiger partial charge in [0.2, 0.25) is 0 Å². The number of benzene rings is 1. The number of hydrogen-bond acceptors (Lipinski definition) is 3. The smallest absolute Gasteiger partial charge is 0.341 e. The van der Waals surface area contributed by atoms with E-state index in [0.717, 1.165) is 0 Å². The van der Waals surface area contributed by atoms with Gasteiger partial charge < -0.3 is 14.3 Å². The van der Waals surface area contributed by atoms with Gasteiger partial charge in [-0.3, -0.25) is 0 Å². The summed E-state index contributed by atoms with van der Waals surface area (Å²) >= 11 is 12.3. The number of aromatic carboxylic acids is 1. The minimum absolute atomic E-state index is 0.00794. The van der Waals surface area contributed by atoms with Crippen LogP contribution in [0.3, 0.4) is 0 Å². The molecule has 0 bridgehead atoms. The third kappa shape index (κ3) is 3.65. The zero-order valence-electron chi connectivity index (χ0n) is 13.0. The Labute approximate surface area is 136 Å². The van der Waals surface area contributed by atoms with E-state index < -0.39 is 14.3 Å². The highest BCUT2D eigenvalue weighted by molar-refractivity contribution is 6.74. The first-order valence-electron chi connectivity index (χ1n) is 6.40. The van der Waals surface area contributed by atoms with Crippen LogP contribution in [0.25, 0.3) is 0 Å². The van der Waals surface area contributed by atoms with Crippen molar-refractivity contribution < 1.29 is 19.1 Å². The Kier molecular flexibility index (Phi) is 5.24. The summed E-state index contributed by atoms with van der Waals surface area (Å²) in [6, 6.07) is 1.51. The van der Waals surface area contributed by atoms with Crippen molar-refractivity contribution in [3.8, 4) is 11.5 Å². The number of carboxylic acids is 1. The van der Waals surface area contributed by atoms with E-state index >= 15 is 0 Å². The molecule has 7 heteroatoms. The van der Waals surface area contributed by atoms with E-state index in [1.165, 1.54) is 13.2 Å². The average Bonchev–Trinajstić information content (AvgIpc) is 2.30. The van der Waals surface area contributed by atoms with Crippen LogP contribution in [0.15, 0.2) is 6.07 Å². The van der Waals surface area contributed by atoms with E-state index in [1.54, 1.807) is 0 Å². The van der Waals surface area contributed by atoms with Gasteiger partial charge in [0.15, 0.2) is 5.75 Å². The minimum atomic E-state index is -2.16. The van der Waals surface area contributed by atoms with Gasteiger partial charge in [-0.1, -0.05) is 44.0 Å². The summed E-state index contributed by atoms with van der Waals surface area (Å²) in [5.41, 5.74) is -0.180. The molecule has 0 amide bonds. The Morgan fingerprint density at radius 2 is 1.81 bits per heavy atom. The first kappa shape index (κ1) is 18.1. The molecule has 118 valence electrons. The highest BCUT2D eigenvalue weighted by Crippen LogP contribution is 2.44. The van der Waals surface area contributed by atoms with E-state index in [-0.39, 0.29) is 32.1 Å². The molecule has 1 aromatic rings. The summed E-state index contributed by atoms with van der Waals surface area (Å²) in [6.45, 7) is 10.3. The summed E-state index contributed by atoms with van der Waals surface area (Å²) in [5, 5.41) is 9.44. The maximum absolute atomic E-state index is 11.4. The molecule has 0 unspecified atom stereocenters. The van der Waals surface area contributed by atoms with E-state index in [9.17, 15) is 9.90 Å². The van der Waals surface area contributed by atoms with Gasteiger partial charge in [0, 0.05) is 6.07 Å². The van der Waals surface area contributed by atoms with Gasteiger partial charge in [-0.25, -0.2) is 4.79 Å². The second-order valence-electron chi connectivity index (χ2n) is 6.25. The molecule has 0 aromatic heterocycles. The van der Waals surface area contributed by atoms with Crippen molar-refractivity contribution in [3.63, 3.8) is 0 Å². The van der Waals surface area contributed by atoms with E-state index in [0.29, 0.717) is 0 Å². The lowest BCUT2D eigenvalue weighted by atomic mass is 10.2. The van der Waals surface area contributed by atoms with Crippen molar-refractivity contribution in [2.24, 2.45) is 0 Å². The van der Waals surface area contributed by atoms with Crippen LogP contribution in [0.1, 0.15) is 31.1 Å². The Bertz CT molecular complexity index is 565. The highest BCUT2D eigenvalue weighted by Gasteiger charge is 2.40. The predicted octanol–water partition coefficient (Wildman–Crippen LogP) is 5.08. The molecule has 0 saturated heterocycles. The number of hydrogen-bond donors (Lipinski definition) is 1. The van der Waals surface area contributed by atoms with Crippen LogP contribution in [0.2, 0.25) is 28.2 Å². The molecule has 0 aliphatic carbocycles. The van der Waals surface area contributed by atoms with Crippen LogP contribution >= 0.6 is 23.2 Å². The fourth-order valence-electron chi connectivity index (χ4n) is 1.48. The van der Waals surface area contributed by atoms with Crippen LogP contribution in [0.4, 0.5) is 0 Å². The molecule has 0 radical (unpaired) electrons. The van der Waals surface area contributed by atoms with Gasteiger partial charge >= 0.3 is 5.97 Å². The molecule has 0 aliphatic rings. The van der Waals surface area contributed by atoms with Gasteiger partial charge in [-0.15, -0.1) is 0 Å². The number of carbonyl (C=O) groups is 1. The van der Waals surface area contributed by atoms with Gasteiger partial charge in [0.25, 0.3) is 8.32 Å². The van der Waals surface area contributed by atoms with Gasteiger partial charge in [0.05, 0.1) is 17.2 Å². The summed E-state index contributed by atoms with van der Waals surface area (Å²) in [6.07, 6.45) is 0. The maximum Gasteiger partial charge on any atom is 0.341 e. The van der Waals surface area contributed by atoms with E-state index in [1.807, 2.05) is 13.1 Å². The third-order valence-corrected chi connectivity index (χ3v) is 8.73. The van der Waals surface area contributed by atoms with Crippen molar-refractivity contribution in [1.29, 1.82) is 0 Å². The first-order chi connectivity index (χ1) is 9.42. The molecular weight excluding hydrogens is 331 g/mol. The van der Waals surface area contributed by atoms with Crippen LogP contribution in [0.5, 0.6) is 11.5 Å². The summed E-state index contributed by atoms with van der Waals surface area (Å²) in [5.74, 6) is -0.886. The number of rotatable bonds is 4. The van der Waals surface area contributed by atoms with Crippen LogP contribution < -0.4 is 9.16 Å². The number of methoxy groups -OCH3 is 1. The van der Waals surface area contributed by atoms with Crippen LogP contribution in [-0.4, -0.2) is 26.5 Å². The van der Waals surface area contributed by atoms with Crippen molar-refractivity contribution in [1.82, 2.24) is 0 Å². The third-order valence-electron chi connectivity index (χ3n) is 3.73. The molecule has 0 saturated carbocycles. The van der Waals surface area contributed by atoms with Crippen LogP contribution in [-0.2, 0) is 0 Å². The lowest BCUT2D eigenvalue weighted by Crippen LogP contribution is -2.44. The molecule has 21 heavy (non-hydrogen) atoms. The fraction of sp³-hybridized carbons (Fsp3) is 0.500. The molecule has 0 aliphatic heterocycles. The normalized spacial score (nSPS) is 12.2. The lowest BCUT2D eigenvalue weighted by molar-refractivity contribution is 0.0693. The molecule has 1 aromatic carbocycles. The molecular formula is C14H20Cl2O4Si. The number of ether oxygens (including phenoxy) is 1. The molecule has 0 heterocycles. The van der Waals surface area contributed by atoms with Crippen LogP contribution in [0, 0.1) is 0 Å². The molecule has 4 nitrogen and oxygen atoms in total. The largest absolute Gasteiger partial charge is 0.542 e. The summed E-state index contributed by atoms with van der Waals surface area (Å²) in [4.78, 5) is 11.4. The van der Waals surface area contributed by atoms with E-state index in [2.05, 4.69) is 20.8 Å². The van der Waals surface area contributed by atoms with Gasteiger partial charge in [0.1, 0.15) is 11.3 Å². The lowest BCUT2D eigenvalue weighted by Gasteiger charge is -2.36. The van der Waals surface area contributed by atoms with E-state index in [4.69, 9.17) is 32.4 Å². The molecule has 0 fully saturated rings. The topological polar surface area (TPSA) is 55.8 Å². The highest BCUT2D eigenvalue weighted by atomic mass is 35.5. The molecule has 1 N–H and O–H groups in total. The Balaban J connectivity index is 3.44. The number of carboxylic acid groups (broad SMARTS) is 1. The second-order valence-corrected chi connectivity index (χ2v) is 11.8. The Morgan fingerprint density at radius 3 is 2.19 bits per heavy atom. The molecule has 1 rings (SSSR count). The minimum Gasteiger partial charge on any atom is -0.542 e. The molecule has 0 atom stereocenters. The van der Waals surface area contributed by atoms with Crippen molar-refractivity contribution in [2.45, 2.75) is 38.9 Å².